The Morgan fingerprint density at radius 1 is 1.16 bits per heavy atom. The lowest BCUT2D eigenvalue weighted by molar-refractivity contribution is -0.129. The van der Waals surface area contributed by atoms with Crippen LogP contribution < -0.4 is 0 Å². The van der Waals surface area contributed by atoms with Gasteiger partial charge in [0.15, 0.2) is 11.5 Å². The minimum Gasteiger partial charge on any atom is -0.503 e. The molecule has 1 aliphatic heterocycles. The molecule has 160 valence electrons. The second-order valence-corrected chi connectivity index (χ2v) is 8.29. The van der Waals surface area contributed by atoms with Crippen molar-refractivity contribution in [3.63, 3.8) is 0 Å². The van der Waals surface area contributed by atoms with Crippen molar-refractivity contribution in [3.05, 3.63) is 82.3 Å². The number of rotatable bonds is 7. The number of carbonyl (C=O) groups is 2. The largest absolute Gasteiger partial charge is 0.503 e. The van der Waals surface area contributed by atoms with E-state index >= 15 is 0 Å². The maximum absolute atomic E-state index is 13.4. The summed E-state index contributed by atoms with van der Waals surface area (Å²) in [4.78, 5) is 29.9. The van der Waals surface area contributed by atoms with E-state index < -0.39 is 23.5 Å². The van der Waals surface area contributed by atoms with Gasteiger partial charge in [-0.1, -0.05) is 41.9 Å². The van der Waals surface area contributed by atoms with Crippen molar-refractivity contribution >= 4 is 34.3 Å². The summed E-state index contributed by atoms with van der Waals surface area (Å²) < 4.78 is 5.72. The molecule has 2 heterocycles. The molecule has 0 aliphatic carbocycles. The van der Waals surface area contributed by atoms with Crippen molar-refractivity contribution in [2.75, 3.05) is 27.2 Å². The van der Waals surface area contributed by atoms with Crippen LogP contribution in [-0.2, 0) is 4.79 Å². The molecule has 0 saturated carbocycles. The van der Waals surface area contributed by atoms with Gasteiger partial charge in [-0.25, -0.2) is 0 Å². The topological polar surface area (TPSA) is 74.0 Å². The number of carbonyl (C=O) groups excluding carboxylic acids is 2. The van der Waals surface area contributed by atoms with Gasteiger partial charge in [-0.15, -0.1) is 0 Å². The van der Waals surface area contributed by atoms with Crippen molar-refractivity contribution in [3.8, 4) is 0 Å². The number of aliphatic hydroxyl groups is 1. The molecular weight excluding hydrogens is 416 g/mol. The molecule has 1 N–H and O–H groups in total. The summed E-state index contributed by atoms with van der Waals surface area (Å²) in [5.74, 6) is -1.50. The number of ketones is 1. The van der Waals surface area contributed by atoms with Crippen molar-refractivity contribution in [2.24, 2.45) is 0 Å². The Balaban J connectivity index is 1.74. The van der Waals surface area contributed by atoms with Crippen LogP contribution in [-0.4, -0.2) is 53.8 Å². The molecule has 0 fully saturated rings. The Hall–Kier alpha value is -3.09. The van der Waals surface area contributed by atoms with E-state index in [1.807, 2.05) is 37.2 Å². The van der Waals surface area contributed by atoms with Crippen LogP contribution in [0.2, 0.25) is 5.02 Å². The first kappa shape index (κ1) is 21.2. The van der Waals surface area contributed by atoms with Crippen molar-refractivity contribution in [1.29, 1.82) is 0 Å². The van der Waals surface area contributed by atoms with Crippen LogP contribution in [0.25, 0.3) is 11.0 Å². The molecule has 1 aliphatic rings. The number of hydrogen-bond acceptors (Lipinski definition) is 5. The highest BCUT2D eigenvalue weighted by Gasteiger charge is 2.44. The number of nitrogens with zero attached hydrogens (tertiary/aromatic N) is 2. The van der Waals surface area contributed by atoms with Gasteiger partial charge in [0.25, 0.3) is 5.91 Å². The Morgan fingerprint density at radius 3 is 2.55 bits per heavy atom. The minimum atomic E-state index is -0.715. The van der Waals surface area contributed by atoms with Gasteiger partial charge in [0.1, 0.15) is 5.58 Å². The quantitative estimate of drug-likeness (QED) is 0.545. The van der Waals surface area contributed by atoms with Gasteiger partial charge < -0.3 is 19.3 Å². The van der Waals surface area contributed by atoms with Crippen LogP contribution in [0.5, 0.6) is 0 Å². The Labute approximate surface area is 185 Å². The van der Waals surface area contributed by atoms with Crippen LogP contribution in [0.1, 0.15) is 28.6 Å². The smallest absolute Gasteiger partial charge is 0.290 e. The fraction of sp³-hybridized carbons (Fsp3) is 0.250. The van der Waals surface area contributed by atoms with Crippen molar-refractivity contribution in [1.82, 2.24) is 9.80 Å². The first-order valence-corrected chi connectivity index (χ1v) is 10.4. The molecule has 0 bridgehead atoms. The van der Waals surface area contributed by atoms with Gasteiger partial charge in [0.05, 0.1) is 11.6 Å². The molecule has 7 heteroatoms. The zero-order valence-corrected chi connectivity index (χ0v) is 18.1. The van der Waals surface area contributed by atoms with Crippen molar-refractivity contribution < 1.29 is 19.1 Å². The number of amides is 1. The van der Waals surface area contributed by atoms with Crippen LogP contribution in [0.4, 0.5) is 0 Å². The predicted octanol–water partition coefficient (Wildman–Crippen LogP) is 4.62. The number of para-hydroxylation sites is 1. The molecule has 3 aromatic rings. The second-order valence-electron chi connectivity index (χ2n) is 7.85. The predicted molar refractivity (Wildman–Crippen MR) is 119 cm³/mol. The number of hydrogen-bond donors (Lipinski definition) is 1. The summed E-state index contributed by atoms with van der Waals surface area (Å²) >= 11 is 6.04. The zero-order chi connectivity index (χ0) is 22.1. The van der Waals surface area contributed by atoms with E-state index in [0.29, 0.717) is 29.1 Å². The maximum atomic E-state index is 13.4. The summed E-state index contributed by atoms with van der Waals surface area (Å²) in [5, 5.41) is 12.0. The van der Waals surface area contributed by atoms with E-state index in [9.17, 15) is 14.7 Å². The highest BCUT2D eigenvalue weighted by atomic mass is 35.5. The number of Topliss-reactive ketones (excluding diaryl/α,β-unsaturated/α-hetero) is 1. The Kier molecular flexibility index (Phi) is 5.85. The zero-order valence-electron chi connectivity index (χ0n) is 17.3. The molecule has 1 amide bonds. The SMILES string of the molecule is CN(C)CCCN1C(=O)C(O)=C(C(=O)c2cc3ccccc3o2)[C@H]1c1ccc(Cl)cc1. The molecule has 1 atom stereocenters. The monoisotopic (exact) mass is 438 g/mol. The van der Waals surface area contributed by atoms with E-state index in [4.69, 9.17) is 16.0 Å². The minimum absolute atomic E-state index is 0.0243. The summed E-state index contributed by atoms with van der Waals surface area (Å²) in [5.41, 5.74) is 1.29. The van der Waals surface area contributed by atoms with Gasteiger partial charge >= 0.3 is 0 Å². The molecule has 0 radical (unpaired) electrons. The molecule has 0 spiro atoms. The number of halogens is 1. The molecule has 1 aromatic heterocycles. The van der Waals surface area contributed by atoms with Gasteiger partial charge in [-0.2, -0.15) is 0 Å². The second kappa shape index (κ2) is 8.57. The molecule has 4 rings (SSSR count). The highest BCUT2D eigenvalue weighted by molar-refractivity contribution is 6.30. The lowest BCUT2D eigenvalue weighted by Gasteiger charge is -2.27. The van der Waals surface area contributed by atoms with E-state index in [0.717, 1.165) is 11.9 Å². The first-order valence-electron chi connectivity index (χ1n) is 10.0. The van der Waals surface area contributed by atoms with Crippen LogP contribution in [0, 0.1) is 0 Å². The van der Waals surface area contributed by atoms with Crippen LogP contribution in [0.15, 0.2) is 70.3 Å². The average Bonchev–Trinajstić information content (AvgIpc) is 3.28. The maximum Gasteiger partial charge on any atom is 0.290 e. The third-order valence-corrected chi connectivity index (χ3v) is 5.64. The summed E-state index contributed by atoms with van der Waals surface area (Å²) in [6.45, 7) is 1.16. The van der Waals surface area contributed by atoms with Gasteiger partial charge in [-0.3, -0.25) is 9.59 Å². The van der Waals surface area contributed by atoms with E-state index in [1.54, 1.807) is 36.4 Å². The average molecular weight is 439 g/mol. The standard InChI is InChI=1S/C24H23ClN2O4/c1-26(2)12-5-13-27-21(15-8-10-17(25)11-9-15)20(23(29)24(27)30)22(28)19-14-16-6-3-4-7-18(16)31-19/h3-4,6-11,14,21,29H,5,12-13H2,1-2H3/t21-/m1/s1. The molecule has 6 nitrogen and oxygen atoms in total. The number of fused-ring (bicyclic) bond motifs is 1. The summed E-state index contributed by atoms with van der Waals surface area (Å²) in [6, 6.07) is 15.1. The van der Waals surface area contributed by atoms with Gasteiger partial charge in [-0.05, 0) is 56.9 Å². The van der Waals surface area contributed by atoms with Gasteiger partial charge in [0, 0.05) is 17.0 Å². The van der Waals surface area contributed by atoms with Crippen molar-refractivity contribution in [2.45, 2.75) is 12.5 Å². The lowest BCUT2D eigenvalue weighted by Crippen LogP contribution is -2.33. The summed E-state index contributed by atoms with van der Waals surface area (Å²) in [7, 11) is 3.91. The summed E-state index contributed by atoms with van der Waals surface area (Å²) in [6.07, 6.45) is 0.697. The lowest BCUT2D eigenvalue weighted by atomic mass is 9.95. The number of aliphatic hydroxyl groups excluding tert-OH is 1. The third kappa shape index (κ3) is 4.09. The van der Waals surface area contributed by atoms with E-state index in [-0.39, 0.29) is 11.3 Å². The Morgan fingerprint density at radius 2 is 1.87 bits per heavy atom. The number of furan rings is 1. The van der Waals surface area contributed by atoms with Crippen LogP contribution in [0.3, 0.4) is 0 Å². The fourth-order valence-electron chi connectivity index (χ4n) is 3.89. The highest BCUT2D eigenvalue weighted by Crippen LogP contribution is 2.40. The molecule has 2 aromatic carbocycles. The molecule has 31 heavy (non-hydrogen) atoms. The normalized spacial score (nSPS) is 16.7. The Bertz CT molecular complexity index is 1130. The van der Waals surface area contributed by atoms with Gasteiger partial charge in [0.2, 0.25) is 5.78 Å². The third-order valence-electron chi connectivity index (χ3n) is 5.39. The number of benzene rings is 2. The molecular formula is C24H23ClN2O4. The first-order chi connectivity index (χ1) is 14.9. The molecule has 0 saturated heterocycles. The fourth-order valence-corrected chi connectivity index (χ4v) is 4.02. The van der Waals surface area contributed by atoms with E-state index in [1.165, 1.54) is 4.90 Å². The molecule has 0 unspecified atom stereocenters. The van der Waals surface area contributed by atoms with Crippen LogP contribution >= 0.6 is 11.6 Å². The van der Waals surface area contributed by atoms with E-state index in [2.05, 4.69) is 0 Å².